The summed E-state index contributed by atoms with van der Waals surface area (Å²) >= 11 is 0. The predicted molar refractivity (Wildman–Crippen MR) is 411 cm³/mol. The second-order valence-electron chi connectivity index (χ2n) is 31.1. The van der Waals surface area contributed by atoms with E-state index in [2.05, 4.69) is 68.8 Å². The highest BCUT2D eigenvalue weighted by molar-refractivity contribution is 8.77. The zero-order valence-corrected chi connectivity index (χ0v) is 67.6. The normalized spacial score (nSPS) is 29.5. The van der Waals surface area contributed by atoms with E-state index in [-0.39, 0.29) is 122 Å². The molecule has 0 saturated carbocycles. The van der Waals surface area contributed by atoms with Gasteiger partial charge >= 0.3 is 5.97 Å². The first kappa shape index (κ1) is 93.0. The highest BCUT2D eigenvalue weighted by Gasteiger charge is 2.49. The highest BCUT2D eigenvalue weighted by Crippen LogP contribution is 2.39. The lowest BCUT2D eigenvalue weighted by molar-refractivity contribution is -0.148. The summed E-state index contributed by atoms with van der Waals surface area (Å²) in [5.74, 6) is -17.7. The molecule has 0 spiro atoms. The zero-order valence-electron chi connectivity index (χ0n) is 65.9. The Hall–Kier alpha value is -8.59. The van der Waals surface area contributed by atoms with Gasteiger partial charge in [-0.1, -0.05) is 110 Å². The molecule has 2 bridgehead atoms. The first-order valence-electron chi connectivity index (χ1n) is 38.6. The van der Waals surface area contributed by atoms with Gasteiger partial charge in [0.1, 0.15) is 84.6 Å². The van der Waals surface area contributed by atoms with Crippen LogP contribution in [0.3, 0.4) is 0 Å². The quantitative estimate of drug-likeness (QED) is 0.0314. The molecular formula is C72H120N18O19S2. The summed E-state index contributed by atoms with van der Waals surface area (Å²) in [6.07, 6.45) is 0.512. The van der Waals surface area contributed by atoms with Crippen LogP contribution >= 0.6 is 21.6 Å². The SMILES string of the molecule is CC[C@@H]1NC(=O)CCCNC(=O)[C@H](CC(=O)O)NC(=O)[C@@H]2CCCN2C(=O)[C@H]([C@@H](C)CC)NC(=O)[C@H]2NC(=O)[C@H]([C@@H](C)CC)NC(=O)[C@@H]3CCCN3C(=O)[C@@H]3CCCN3C(=O)[C@H](CC(C)(C)C)NC(=O)[C@H](CO)NC(=O)[C@H](CCCN=C(N)N)NC(=O)[C@H](CO)NC(=O)[C@H](CSSC2(C)C)NC(=O)[C@H]([C@@H](C)CC)NC1=O. The molecule has 0 aromatic rings. The van der Waals surface area contributed by atoms with Crippen molar-refractivity contribution in [3.8, 4) is 0 Å². The molecule has 0 aromatic carbocycles. The van der Waals surface area contributed by atoms with E-state index in [0.717, 1.165) is 21.6 Å². The molecule has 15 amide bonds. The maximum atomic E-state index is 15.7. The maximum Gasteiger partial charge on any atom is 0.305 e. The van der Waals surface area contributed by atoms with E-state index in [9.17, 15) is 68.1 Å². The van der Waals surface area contributed by atoms with Crippen molar-refractivity contribution in [1.82, 2.24) is 78.5 Å². The average Bonchev–Trinajstić information content (AvgIpc) is 1.71. The summed E-state index contributed by atoms with van der Waals surface area (Å²) in [5, 5.41) is 63.3. The minimum atomic E-state index is -1.94. The zero-order chi connectivity index (χ0) is 82.9. The van der Waals surface area contributed by atoms with Crippen LogP contribution in [-0.4, -0.2) is 272 Å². The van der Waals surface area contributed by atoms with E-state index in [4.69, 9.17) is 11.5 Å². The van der Waals surface area contributed by atoms with Gasteiger partial charge in [-0.05, 0) is 108 Å². The number of nitrogens with one attached hydrogen (secondary N) is 12. The number of guanidine groups is 1. The number of fused-ring (bicyclic) bond motifs is 8. The largest absolute Gasteiger partial charge is 0.481 e. The topological polar surface area (TPSA) is 552 Å². The Balaban J connectivity index is 1.74. The molecule has 37 nitrogen and oxygen atoms in total. The Kier molecular flexibility index (Phi) is 36.4. The molecule has 5 rings (SSSR count). The van der Waals surface area contributed by atoms with Crippen molar-refractivity contribution >= 4 is 122 Å². The number of aliphatic carboxylic acids is 1. The van der Waals surface area contributed by atoms with Gasteiger partial charge in [-0.15, -0.1) is 0 Å². The molecule has 39 heteroatoms. The molecule has 5 heterocycles. The number of carboxylic acid groups (broad SMARTS) is 1. The van der Waals surface area contributed by atoms with Gasteiger partial charge in [0.05, 0.1) is 19.6 Å². The van der Waals surface area contributed by atoms with E-state index in [1.165, 1.54) is 28.5 Å². The predicted octanol–water partition coefficient (Wildman–Crippen LogP) is -3.13. The van der Waals surface area contributed by atoms with Gasteiger partial charge in [-0.3, -0.25) is 81.7 Å². The number of carboxylic acids is 1. The Bertz CT molecular complexity index is 3380. The molecule has 111 heavy (non-hydrogen) atoms. The first-order chi connectivity index (χ1) is 52.3. The summed E-state index contributed by atoms with van der Waals surface area (Å²) in [5.41, 5.74) is 10.5. The summed E-state index contributed by atoms with van der Waals surface area (Å²) in [6.45, 7) is 17.8. The lowest BCUT2D eigenvalue weighted by Crippen LogP contribution is -2.64. The second-order valence-corrected chi connectivity index (χ2v) is 34.1. The number of hydrogen-bond acceptors (Lipinski definition) is 21. The molecule has 5 saturated heterocycles. The van der Waals surface area contributed by atoms with Gasteiger partial charge in [0, 0.05) is 49.6 Å². The van der Waals surface area contributed by atoms with Gasteiger partial charge in [-0.25, -0.2) is 0 Å². The van der Waals surface area contributed by atoms with Crippen molar-refractivity contribution < 1.29 is 92.0 Å². The lowest BCUT2D eigenvalue weighted by Gasteiger charge is -2.37. The third kappa shape index (κ3) is 26.8. The van der Waals surface area contributed by atoms with Crippen LogP contribution in [0.5, 0.6) is 0 Å². The Labute approximate surface area is 656 Å². The van der Waals surface area contributed by atoms with Crippen LogP contribution < -0.4 is 75.3 Å². The van der Waals surface area contributed by atoms with Gasteiger partial charge in [0.2, 0.25) is 88.6 Å². The molecule has 0 aliphatic carbocycles. The van der Waals surface area contributed by atoms with Gasteiger partial charge in [-0.2, -0.15) is 0 Å². The fourth-order valence-electron chi connectivity index (χ4n) is 13.7. The van der Waals surface area contributed by atoms with Crippen LogP contribution in [-0.2, 0) is 76.7 Å². The highest BCUT2D eigenvalue weighted by atomic mass is 33.1. The van der Waals surface area contributed by atoms with Crippen LogP contribution in [0.2, 0.25) is 0 Å². The molecule has 17 atom stereocenters. The third-order valence-corrected chi connectivity index (χ3v) is 24.1. The van der Waals surface area contributed by atoms with Crippen molar-refractivity contribution in [1.29, 1.82) is 0 Å². The minimum absolute atomic E-state index is 0.00916. The fourth-order valence-corrected chi connectivity index (χ4v) is 16.6. The molecule has 0 aromatic heterocycles. The number of aliphatic hydroxyl groups is 2. The summed E-state index contributed by atoms with van der Waals surface area (Å²) in [6, 6.07) is -21.1. The molecule has 5 fully saturated rings. The number of carbonyl (C=O) groups excluding carboxylic acids is 15. The van der Waals surface area contributed by atoms with E-state index >= 15 is 24.0 Å². The molecule has 624 valence electrons. The number of nitrogens with two attached hydrogens (primary N) is 2. The third-order valence-electron chi connectivity index (χ3n) is 20.8. The van der Waals surface area contributed by atoms with Crippen LogP contribution in [0.1, 0.15) is 186 Å². The van der Waals surface area contributed by atoms with Crippen LogP contribution in [0.15, 0.2) is 4.99 Å². The standard InChI is InChI=1S/C72H120N18O19S2/c1-13-37(5)52-64(104)83-46-36-110-111-72(11,12)55(66(106)86-54(39(7)15-3)69(109)89-30-20-23-47(89)62(102)79-42(32-51(94)95)56(96)75-27-18-26-50(93)77-40(16-4)57(97)84-52)87-65(105)53(38(6)14-2)85-63(103)48-24-19-29-88(48)68(108)49-25-21-31-90(49)67(107)43(33-71(8,9)10)80-60(100)45(35-92)81-58(98)41(22-17-28-76-70(73)74)78-59(99)44(34-91)82-61(46)101/h37-49,52-55,91-92H,13-36H2,1-12H3,(H,75,96)(H,77,93)(H,78,99)(H,79,102)(H,80,100)(H,81,98)(H,82,101)(H,83,104)(H,84,97)(H,85,103)(H,86,106)(H,87,105)(H,94,95)(H4,73,74,76)/t37-,38-,39-,40-,41-,42-,43-,44-,45-,46-,47-,48-,49-,52-,53-,54-,55+/m0/s1. The molecule has 19 N–H and O–H groups in total. The lowest BCUT2D eigenvalue weighted by atomic mass is 9.87. The van der Waals surface area contributed by atoms with E-state index in [1.807, 2.05) is 0 Å². The van der Waals surface area contributed by atoms with Crippen molar-refractivity contribution in [2.24, 2.45) is 39.6 Å². The molecule has 5 aliphatic heterocycles. The number of rotatable bonds is 16. The van der Waals surface area contributed by atoms with Crippen LogP contribution in [0.25, 0.3) is 0 Å². The van der Waals surface area contributed by atoms with E-state index < -0.39 is 232 Å². The Morgan fingerprint density at radius 3 is 1.51 bits per heavy atom. The van der Waals surface area contributed by atoms with Gasteiger partial charge < -0.3 is 105 Å². The van der Waals surface area contributed by atoms with Crippen LogP contribution in [0, 0.1) is 23.2 Å². The summed E-state index contributed by atoms with van der Waals surface area (Å²) in [7, 11) is 1.75. The monoisotopic (exact) mass is 1600 g/mol. The molecule has 5 aliphatic rings. The van der Waals surface area contributed by atoms with Crippen molar-refractivity contribution in [3.63, 3.8) is 0 Å². The first-order valence-corrected chi connectivity index (χ1v) is 40.9. The summed E-state index contributed by atoms with van der Waals surface area (Å²) in [4.78, 5) is 241. The van der Waals surface area contributed by atoms with E-state index in [1.54, 1.807) is 69.2 Å². The van der Waals surface area contributed by atoms with E-state index in [0.29, 0.717) is 12.8 Å². The number of amides is 15. The Morgan fingerprint density at radius 2 is 0.982 bits per heavy atom. The van der Waals surface area contributed by atoms with Crippen molar-refractivity contribution in [2.45, 2.75) is 275 Å². The van der Waals surface area contributed by atoms with Gasteiger partial charge in [0.15, 0.2) is 5.96 Å². The summed E-state index contributed by atoms with van der Waals surface area (Å²) < 4.78 is -1.60. The molecule has 0 unspecified atom stereocenters. The fraction of sp³-hybridized carbons (Fsp3) is 0.764. The van der Waals surface area contributed by atoms with Crippen LogP contribution in [0.4, 0.5) is 0 Å². The number of nitrogens with zero attached hydrogens (tertiary/aromatic N) is 4. The van der Waals surface area contributed by atoms with Gasteiger partial charge in [0.25, 0.3) is 0 Å². The number of hydrogen-bond donors (Lipinski definition) is 17. The molecular weight excluding hydrogens is 1490 g/mol. The van der Waals surface area contributed by atoms with Crippen molar-refractivity contribution in [3.05, 3.63) is 0 Å². The smallest absolute Gasteiger partial charge is 0.305 e. The van der Waals surface area contributed by atoms with Crippen molar-refractivity contribution in [2.75, 3.05) is 51.7 Å². The second kappa shape index (κ2) is 43.4. The Morgan fingerprint density at radius 1 is 0.523 bits per heavy atom. The number of aliphatic imine (C=N–C) groups is 1. The number of aliphatic hydroxyl groups excluding tert-OH is 2. The average molecular weight is 1610 g/mol. The molecule has 0 radical (unpaired) electrons. The number of carbonyl (C=O) groups is 16. The maximum absolute atomic E-state index is 15.7. The minimum Gasteiger partial charge on any atom is -0.481 e.